The van der Waals surface area contributed by atoms with Gasteiger partial charge in [0.25, 0.3) is 0 Å². The highest BCUT2D eigenvalue weighted by Gasteiger charge is 2.21. The summed E-state index contributed by atoms with van der Waals surface area (Å²) in [6.07, 6.45) is 1.21. The number of carbonyl (C=O) groups excluding carboxylic acids is 1. The van der Waals surface area contributed by atoms with Crippen molar-refractivity contribution in [2.45, 2.75) is 19.4 Å². The van der Waals surface area contributed by atoms with E-state index in [-0.39, 0.29) is 5.78 Å². The molecule has 0 N–H and O–H groups in total. The van der Waals surface area contributed by atoms with Gasteiger partial charge < -0.3 is 0 Å². The first-order valence-electron chi connectivity index (χ1n) is 6.04. The molecule has 0 saturated carbocycles. The van der Waals surface area contributed by atoms with Crippen LogP contribution < -0.4 is 0 Å². The van der Waals surface area contributed by atoms with Crippen molar-refractivity contribution >= 4 is 17.5 Å². The summed E-state index contributed by atoms with van der Waals surface area (Å²) in [5, 5.41) is 0. The predicted molar refractivity (Wildman–Crippen MR) is 73.9 cm³/mol. The van der Waals surface area contributed by atoms with Crippen LogP contribution in [0.5, 0.6) is 0 Å². The Morgan fingerprint density at radius 2 is 2.12 bits per heavy atom. The molecule has 0 bridgehead atoms. The molecule has 0 amide bonds. The third-order valence-corrected chi connectivity index (χ3v) is 4.44. The topological polar surface area (TPSA) is 20.3 Å². The van der Waals surface area contributed by atoms with E-state index in [4.69, 9.17) is 0 Å². The zero-order chi connectivity index (χ0) is 12.3. The van der Waals surface area contributed by atoms with Crippen LogP contribution in [-0.4, -0.2) is 41.8 Å². The Morgan fingerprint density at radius 3 is 2.71 bits per heavy atom. The Hall–Kier alpha value is -0.800. The molecule has 1 unspecified atom stereocenters. The number of benzene rings is 1. The number of aryl methyl sites for hydroxylation is 1. The molecule has 3 heteroatoms. The van der Waals surface area contributed by atoms with Crippen LogP contribution in [0, 0.1) is 6.92 Å². The molecule has 1 atom stereocenters. The standard InChI is InChI=1S/C14H19NOS/c1-11-3-5-12(6-4-11)14(16)9-15(2)13-7-8-17-10-13/h3-6,13H,7-10H2,1-2H3. The van der Waals surface area contributed by atoms with Crippen LogP contribution in [0.3, 0.4) is 0 Å². The van der Waals surface area contributed by atoms with Crippen LogP contribution >= 0.6 is 11.8 Å². The molecule has 1 aromatic rings. The van der Waals surface area contributed by atoms with Gasteiger partial charge in [0.1, 0.15) is 0 Å². The van der Waals surface area contributed by atoms with Gasteiger partial charge in [-0.15, -0.1) is 0 Å². The smallest absolute Gasteiger partial charge is 0.176 e. The van der Waals surface area contributed by atoms with Gasteiger partial charge in [-0.3, -0.25) is 9.69 Å². The summed E-state index contributed by atoms with van der Waals surface area (Å²) in [6, 6.07) is 8.43. The first-order valence-corrected chi connectivity index (χ1v) is 7.20. The molecule has 17 heavy (non-hydrogen) atoms. The van der Waals surface area contributed by atoms with Crippen molar-refractivity contribution in [3.05, 3.63) is 35.4 Å². The SMILES string of the molecule is Cc1ccc(C(=O)CN(C)C2CCSC2)cc1. The highest BCUT2D eigenvalue weighted by Crippen LogP contribution is 2.21. The minimum Gasteiger partial charge on any atom is -0.295 e. The predicted octanol–water partition coefficient (Wildman–Crippen LogP) is 2.62. The lowest BCUT2D eigenvalue weighted by Crippen LogP contribution is -2.35. The maximum atomic E-state index is 12.1. The fraction of sp³-hybridized carbons (Fsp3) is 0.500. The monoisotopic (exact) mass is 249 g/mol. The van der Waals surface area contributed by atoms with Crippen LogP contribution in [0.4, 0.5) is 0 Å². The molecule has 1 aliphatic heterocycles. The molecule has 1 fully saturated rings. The van der Waals surface area contributed by atoms with Crippen molar-refractivity contribution < 1.29 is 4.79 Å². The highest BCUT2D eigenvalue weighted by atomic mass is 32.2. The van der Waals surface area contributed by atoms with Crippen molar-refractivity contribution in [2.75, 3.05) is 25.1 Å². The van der Waals surface area contributed by atoms with Crippen LogP contribution in [0.1, 0.15) is 22.3 Å². The summed E-state index contributed by atoms with van der Waals surface area (Å²) in [5.41, 5.74) is 2.02. The van der Waals surface area contributed by atoms with Crippen LogP contribution in [0.15, 0.2) is 24.3 Å². The minimum absolute atomic E-state index is 0.226. The van der Waals surface area contributed by atoms with E-state index >= 15 is 0 Å². The molecule has 2 rings (SSSR count). The van der Waals surface area contributed by atoms with E-state index in [0.29, 0.717) is 12.6 Å². The Kier molecular flexibility index (Phi) is 4.24. The number of hydrogen-bond acceptors (Lipinski definition) is 3. The van der Waals surface area contributed by atoms with Crippen molar-refractivity contribution in [3.8, 4) is 0 Å². The lowest BCUT2D eigenvalue weighted by Gasteiger charge is -2.22. The second kappa shape index (κ2) is 5.69. The van der Waals surface area contributed by atoms with Gasteiger partial charge in [-0.05, 0) is 26.1 Å². The van der Waals surface area contributed by atoms with E-state index in [9.17, 15) is 4.79 Å². The number of thioether (sulfide) groups is 1. The molecule has 0 aliphatic carbocycles. The van der Waals surface area contributed by atoms with Gasteiger partial charge in [0.15, 0.2) is 5.78 Å². The Morgan fingerprint density at radius 1 is 1.41 bits per heavy atom. The summed E-state index contributed by atoms with van der Waals surface area (Å²) >= 11 is 1.98. The molecule has 1 aliphatic rings. The summed E-state index contributed by atoms with van der Waals surface area (Å²) in [6.45, 7) is 2.57. The normalized spacial score (nSPS) is 19.8. The van der Waals surface area contributed by atoms with E-state index in [0.717, 1.165) is 11.3 Å². The minimum atomic E-state index is 0.226. The Balaban J connectivity index is 1.94. The van der Waals surface area contributed by atoms with Gasteiger partial charge in [-0.25, -0.2) is 0 Å². The molecule has 0 radical (unpaired) electrons. The lowest BCUT2D eigenvalue weighted by molar-refractivity contribution is 0.0927. The molecule has 1 heterocycles. The van der Waals surface area contributed by atoms with Gasteiger partial charge in [0, 0.05) is 17.4 Å². The van der Waals surface area contributed by atoms with E-state index in [1.54, 1.807) is 0 Å². The van der Waals surface area contributed by atoms with Crippen molar-refractivity contribution in [3.63, 3.8) is 0 Å². The molecule has 2 nitrogen and oxygen atoms in total. The second-order valence-electron chi connectivity index (χ2n) is 4.72. The number of ketones is 1. The fourth-order valence-electron chi connectivity index (χ4n) is 2.06. The Labute approximate surface area is 107 Å². The van der Waals surface area contributed by atoms with Gasteiger partial charge in [0.2, 0.25) is 0 Å². The quantitative estimate of drug-likeness (QED) is 0.765. The first-order chi connectivity index (χ1) is 8.16. The maximum absolute atomic E-state index is 12.1. The first kappa shape index (κ1) is 12.7. The van der Waals surface area contributed by atoms with E-state index < -0.39 is 0 Å². The van der Waals surface area contributed by atoms with E-state index in [1.807, 2.05) is 43.0 Å². The summed E-state index contributed by atoms with van der Waals surface area (Å²) in [7, 11) is 2.06. The number of rotatable bonds is 4. The summed E-state index contributed by atoms with van der Waals surface area (Å²) in [5.74, 6) is 2.62. The summed E-state index contributed by atoms with van der Waals surface area (Å²) < 4.78 is 0. The van der Waals surface area contributed by atoms with Crippen molar-refractivity contribution in [1.82, 2.24) is 4.90 Å². The average molecular weight is 249 g/mol. The Bertz CT molecular complexity index is 382. The largest absolute Gasteiger partial charge is 0.295 e. The fourth-order valence-corrected chi connectivity index (χ4v) is 3.35. The third-order valence-electron chi connectivity index (χ3n) is 3.30. The average Bonchev–Trinajstić information content (AvgIpc) is 2.83. The summed E-state index contributed by atoms with van der Waals surface area (Å²) in [4.78, 5) is 14.3. The zero-order valence-electron chi connectivity index (χ0n) is 10.5. The van der Waals surface area contributed by atoms with Crippen molar-refractivity contribution in [2.24, 2.45) is 0 Å². The van der Waals surface area contributed by atoms with Crippen molar-refractivity contribution in [1.29, 1.82) is 0 Å². The van der Waals surface area contributed by atoms with Gasteiger partial charge in [-0.1, -0.05) is 29.8 Å². The number of carbonyl (C=O) groups is 1. The zero-order valence-corrected chi connectivity index (χ0v) is 11.3. The molecule has 0 spiro atoms. The van der Waals surface area contributed by atoms with Gasteiger partial charge in [-0.2, -0.15) is 11.8 Å². The van der Waals surface area contributed by atoms with E-state index in [1.165, 1.54) is 17.7 Å². The maximum Gasteiger partial charge on any atom is 0.176 e. The van der Waals surface area contributed by atoms with Crippen LogP contribution in [0.2, 0.25) is 0 Å². The van der Waals surface area contributed by atoms with Crippen LogP contribution in [-0.2, 0) is 0 Å². The van der Waals surface area contributed by atoms with Gasteiger partial charge in [0.05, 0.1) is 6.54 Å². The number of nitrogens with zero attached hydrogens (tertiary/aromatic N) is 1. The van der Waals surface area contributed by atoms with Gasteiger partial charge >= 0.3 is 0 Å². The lowest BCUT2D eigenvalue weighted by atomic mass is 10.1. The molecule has 1 saturated heterocycles. The molecule has 0 aromatic heterocycles. The second-order valence-corrected chi connectivity index (χ2v) is 5.87. The number of likely N-dealkylation sites (N-methyl/N-ethyl adjacent to an activating group) is 1. The molecule has 1 aromatic carbocycles. The van der Waals surface area contributed by atoms with Crippen LogP contribution in [0.25, 0.3) is 0 Å². The molecular formula is C14H19NOS. The third kappa shape index (κ3) is 3.33. The molecular weight excluding hydrogens is 230 g/mol. The number of Topliss-reactive ketones (excluding diaryl/α,β-unsaturated/α-hetero) is 1. The molecule has 92 valence electrons. The van der Waals surface area contributed by atoms with E-state index in [2.05, 4.69) is 11.9 Å². The number of hydrogen-bond donors (Lipinski definition) is 0. The highest BCUT2D eigenvalue weighted by molar-refractivity contribution is 7.99.